The number of nitrogens with one attached hydrogen (secondary N) is 1. The van der Waals surface area contributed by atoms with Crippen LogP contribution in [0.1, 0.15) is 63.0 Å². The van der Waals surface area contributed by atoms with Crippen molar-refractivity contribution in [1.82, 2.24) is 5.32 Å². The Labute approximate surface area is 123 Å². The van der Waals surface area contributed by atoms with Crippen molar-refractivity contribution >= 4 is 0 Å². The van der Waals surface area contributed by atoms with Gasteiger partial charge < -0.3 is 10.4 Å². The van der Waals surface area contributed by atoms with Gasteiger partial charge in [-0.05, 0) is 36.3 Å². The van der Waals surface area contributed by atoms with Crippen LogP contribution in [0.5, 0.6) is 0 Å². The molecule has 2 unspecified atom stereocenters. The van der Waals surface area contributed by atoms with Crippen molar-refractivity contribution in [2.45, 2.75) is 71.1 Å². The quantitative estimate of drug-likeness (QED) is 0.769. The third-order valence-corrected chi connectivity index (χ3v) is 4.59. The highest BCUT2D eigenvalue weighted by Crippen LogP contribution is 2.26. The second-order valence-electron chi connectivity index (χ2n) is 6.22. The van der Waals surface area contributed by atoms with Crippen LogP contribution in [0.15, 0.2) is 24.3 Å². The highest BCUT2D eigenvalue weighted by Gasteiger charge is 2.17. The van der Waals surface area contributed by atoms with Gasteiger partial charge in [-0.15, -0.1) is 0 Å². The number of aliphatic hydroxyl groups is 1. The van der Waals surface area contributed by atoms with E-state index in [4.69, 9.17) is 5.11 Å². The first-order valence-corrected chi connectivity index (χ1v) is 8.24. The molecule has 2 heteroatoms. The Balaban J connectivity index is 1.75. The summed E-state index contributed by atoms with van der Waals surface area (Å²) in [6, 6.07) is 8.96. The lowest BCUT2D eigenvalue weighted by Gasteiger charge is -2.17. The summed E-state index contributed by atoms with van der Waals surface area (Å²) < 4.78 is 0. The highest BCUT2D eigenvalue weighted by molar-refractivity contribution is 5.21. The molecule has 2 N–H and O–H groups in total. The maximum absolute atomic E-state index is 9.05. The number of hydrogen-bond acceptors (Lipinski definition) is 2. The lowest BCUT2D eigenvalue weighted by molar-refractivity contribution is 0.282. The fourth-order valence-electron chi connectivity index (χ4n) is 3.30. The Morgan fingerprint density at radius 2 is 1.80 bits per heavy atom. The lowest BCUT2D eigenvalue weighted by Crippen LogP contribution is -2.27. The molecular formula is C18H29NO. The first-order valence-electron chi connectivity index (χ1n) is 8.24. The van der Waals surface area contributed by atoms with Crippen LogP contribution in [-0.2, 0) is 13.2 Å². The average molecular weight is 275 g/mol. The highest BCUT2D eigenvalue weighted by atomic mass is 16.3. The van der Waals surface area contributed by atoms with E-state index in [-0.39, 0.29) is 6.61 Å². The minimum absolute atomic E-state index is 0.134. The maximum atomic E-state index is 9.05. The van der Waals surface area contributed by atoms with E-state index >= 15 is 0 Å². The number of aliphatic hydroxyl groups excluding tert-OH is 1. The molecule has 0 amide bonds. The van der Waals surface area contributed by atoms with E-state index in [1.807, 2.05) is 12.1 Å². The summed E-state index contributed by atoms with van der Waals surface area (Å²) in [4.78, 5) is 0. The minimum atomic E-state index is 0.134. The summed E-state index contributed by atoms with van der Waals surface area (Å²) in [5.41, 5.74) is 2.31. The Morgan fingerprint density at radius 1 is 1.05 bits per heavy atom. The van der Waals surface area contributed by atoms with Gasteiger partial charge in [-0.1, -0.05) is 56.9 Å². The molecule has 0 aliphatic heterocycles. The van der Waals surface area contributed by atoms with Crippen LogP contribution in [0, 0.1) is 5.92 Å². The molecule has 1 aromatic carbocycles. The van der Waals surface area contributed by atoms with Gasteiger partial charge in [-0.2, -0.15) is 0 Å². The standard InChI is InChI=1S/C18H29NO/c1-2-4-15-5-3-6-18(12-11-15)19-13-16-7-9-17(14-20)10-8-16/h7-10,15,18-20H,2-6,11-14H2,1H3. The molecule has 2 atom stereocenters. The number of benzene rings is 1. The van der Waals surface area contributed by atoms with Crippen LogP contribution in [0.2, 0.25) is 0 Å². The Kier molecular flexibility index (Phi) is 6.55. The Morgan fingerprint density at radius 3 is 2.50 bits per heavy atom. The molecule has 2 rings (SSSR count). The summed E-state index contributed by atoms with van der Waals surface area (Å²) in [6.45, 7) is 3.39. The summed E-state index contributed by atoms with van der Waals surface area (Å²) >= 11 is 0. The smallest absolute Gasteiger partial charge is 0.0681 e. The average Bonchev–Trinajstić information content (AvgIpc) is 2.71. The van der Waals surface area contributed by atoms with Crippen LogP contribution < -0.4 is 5.32 Å². The van der Waals surface area contributed by atoms with Crippen molar-refractivity contribution in [2.24, 2.45) is 5.92 Å². The molecule has 112 valence electrons. The Bertz CT molecular complexity index is 374. The van der Waals surface area contributed by atoms with Crippen molar-refractivity contribution in [3.05, 3.63) is 35.4 Å². The van der Waals surface area contributed by atoms with Crippen molar-refractivity contribution < 1.29 is 5.11 Å². The van der Waals surface area contributed by atoms with Gasteiger partial charge in [-0.25, -0.2) is 0 Å². The molecule has 1 fully saturated rings. The predicted octanol–water partition coefficient (Wildman–Crippen LogP) is 4.02. The molecule has 1 aliphatic rings. The minimum Gasteiger partial charge on any atom is -0.392 e. The second-order valence-corrected chi connectivity index (χ2v) is 6.22. The number of hydrogen-bond donors (Lipinski definition) is 2. The van der Waals surface area contributed by atoms with E-state index in [1.54, 1.807) is 0 Å². The van der Waals surface area contributed by atoms with Crippen molar-refractivity contribution in [3.63, 3.8) is 0 Å². The van der Waals surface area contributed by atoms with E-state index in [9.17, 15) is 0 Å². The van der Waals surface area contributed by atoms with E-state index in [1.165, 1.54) is 50.5 Å². The SMILES string of the molecule is CCCC1CCCC(NCc2ccc(CO)cc2)CC1. The molecule has 20 heavy (non-hydrogen) atoms. The zero-order valence-corrected chi connectivity index (χ0v) is 12.8. The van der Waals surface area contributed by atoms with E-state index in [0.29, 0.717) is 6.04 Å². The van der Waals surface area contributed by atoms with Gasteiger partial charge in [0.1, 0.15) is 0 Å². The zero-order valence-electron chi connectivity index (χ0n) is 12.8. The molecule has 0 radical (unpaired) electrons. The molecule has 1 aromatic rings. The molecule has 2 nitrogen and oxygen atoms in total. The second kappa shape index (κ2) is 8.43. The van der Waals surface area contributed by atoms with Gasteiger partial charge in [0.05, 0.1) is 6.61 Å². The number of rotatable bonds is 6. The van der Waals surface area contributed by atoms with E-state index in [0.717, 1.165) is 18.0 Å². The molecule has 1 aliphatic carbocycles. The molecular weight excluding hydrogens is 246 g/mol. The predicted molar refractivity (Wildman–Crippen MR) is 84.5 cm³/mol. The summed E-state index contributed by atoms with van der Waals surface area (Å²) in [5, 5.41) is 12.8. The van der Waals surface area contributed by atoms with Crippen LogP contribution >= 0.6 is 0 Å². The van der Waals surface area contributed by atoms with Crippen LogP contribution in [0.3, 0.4) is 0 Å². The first-order chi connectivity index (χ1) is 9.81. The fourth-order valence-corrected chi connectivity index (χ4v) is 3.30. The normalized spacial score (nSPS) is 23.5. The Hall–Kier alpha value is -0.860. The van der Waals surface area contributed by atoms with Crippen molar-refractivity contribution in [3.8, 4) is 0 Å². The monoisotopic (exact) mass is 275 g/mol. The van der Waals surface area contributed by atoms with E-state index < -0.39 is 0 Å². The van der Waals surface area contributed by atoms with Gasteiger partial charge in [-0.3, -0.25) is 0 Å². The molecule has 0 heterocycles. The van der Waals surface area contributed by atoms with E-state index in [2.05, 4.69) is 24.4 Å². The van der Waals surface area contributed by atoms with Gasteiger partial charge in [0.15, 0.2) is 0 Å². The largest absolute Gasteiger partial charge is 0.392 e. The molecule has 0 aromatic heterocycles. The van der Waals surface area contributed by atoms with Gasteiger partial charge in [0.2, 0.25) is 0 Å². The lowest BCUT2D eigenvalue weighted by atomic mass is 9.95. The van der Waals surface area contributed by atoms with Crippen LogP contribution in [0.4, 0.5) is 0 Å². The molecule has 1 saturated carbocycles. The summed E-state index contributed by atoms with van der Waals surface area (Å²) in [6.07, 6.45) is 9.61. The molecule has 0 spiro atoms. The summed E-state index contributed by atoms with van der Waals surface area (Å²) in [5.74, 6) is 0.968. The zero-order chi connectivity index (χ0) is 14.2. The topological polar surface area (TPSA) is 32.3 Å². The fraction of sp³-hybridized carbons (Fsp3) is 0.667. The third kappa shape index (κ3) is 4.92. The molecule has 0 bridgehead atoms. The van der Waals surface area contributed by atoms with Gasteiger partial charge in [0, 0.05) is 12.6 Å². The maximum Gasteiger partial charge on any atom is 0.0681 e. The van der Waals surface area contributed by atoms with Crippen molar-refractivity contribution in [1.29, 1.82) is 0 Å². The first kappa shape index (κ1) is 15.5. The van der Waals surface area contributed by atoms with Crippen LogP contribution in [-0.4, -0.2) is 11.1 Å². The molecule has 0 saturated heterocycles. The van der Waals surface area contributed by atoms with Gasteiger partial charge in [0.25, 0.3) is 0 Å². The summed E-state index contributed by atoms with van der Waals surface area (Å²) in [7, 11) is 0. The van der Waals surface area contributed by atoms with Crippen molar-refractivity contribution in [2.75, 3.05) is 0 Å². The van der Waals surface area contributed by atoms with Gasteiger partial charge >= 0.3 is 0 Å². The van der Waals surface area contributed by atoms with Crippen LogP contribution in [0.25, 0.3) is 0 Å². The third-order valence-electron chi connectivity index (χ3n) is 4.59.